The molecule has 1 aromatic rings. The quantitative estimate of drug-likeness (QED) is 0.342. The van der Waals surface area contributed by atoms with E-state index in [1.807, 2.05) is 140 Å². The molecule has 4 saturated carbocycles. The van der Waals surface area contributed by atoms with Crippen molar-refractivity contribution in [1.82, 2.24) is 0 Å². The molecule has 0 unspecified atom stereocenters. The van der Waals surface area contributed by atoms with Crippen molar-refractivity contribution in [3.63, 3.8) is 0 Å². The van der Waals surface area contributed by atoms with Gasteiger partial charge in [-0.25, -0.2) is 0 Å². The van der Waals surface area contributed by atoms with Gasteiger partial charge in [-0.2, -0.15) is 0 Å². The van der Waals surface area contributed by atoms with Gasteiger partial charge >= 0.3 is 34.1 Å². The maximum atomic E-state index is 3.15. The Morgan fingerprint density at radius 1 is 0.312 bits per heavy atom. The first kappa shape index (κ1) is 29.4. The zero-order chi connectivity index (χ0) is 20.7. The molecule has 0 nitrogen and oxygen atoms in total. The monoisotopic (exact) mass is 494 g/mol. The van der Waals surface area contributed by atoms with E-state index in [1.54, 1.807) is 0 Å². The molecule has 0 heterocycles. The molecule has 5 rings (SSSR count). The molecule has 2 heteroatoms. The van der Waals surface area contributed by atoms with Crippen LogP contribution in [0.1, 0.15) is 11.1 Å². The maximum Gasteiger partial charge on any atom is 2.00 e. The van der Waals surface area contributed by atoms with Gasteiger partial charge in [0.1, 0.15) is 0 Å². The van der Waals surface area contributed by atoms with Crippen LogP contribution in [0.4, 0.5) is 0 Å². The van der Waals surface area contributed by atoms with E-state index in [4.69, 9.17) is 0 Å². The third kappa shape index (κ3) is 12.6. The molecule has 0 aliphatic heterocycles. The van der Waals surface area contributed by atoms with Gasteiger partial charge in [-0.05, 0) is 140 Å². The van der Waals surface area contributed by atoms with E-state index in [1.165, 1.54) is 0 Å². The fraction of sp³-hybridized carbons (Fsp3) is 0. The number of hydrogen-bond donors (Lipinski definition) is 0. The Hall–Kier alpha value is -0.621. The molecule has 0 atom stereocenters. The van der Waals surface area contributed by atoms with Gasteiger partial charge < -0.3 is 0 Å². The van der Waals surface area contributed by atoms with Gasteiger partial charge in [0.25, 0.3) is 0 Å². The fourth-order valence-electron chi connectivity index (χ4n) is 2.48. The predicted octanol–water partition coefficient (Wildman–Crippen LogP) is 5.24. The Balaban J connectivity index is 0.000000353. The molecule has 0 N–H and O–H groups in total. The summed E-state index contributed by atoms with van der Waals surface area (Å²) in [5.74, 6) is 14.6. The predicted molar refractivity (Wildman–Crippen MR) is 124 cm³/mol. The summed E-state index contributed by atoms with van der Waals surface area (Å²) in [6.45, 7) is 0. The molecule has 4 aliphatic carbocycles. The van der Waals surface area contributed by atoms with Crippen LogP contribution in [0, 0.1) is 151 Å². The summed E-state index contributed by atoms with van der Waals surface area (Å²) >= 11 is 0. The summed E-state index contributed by atoms with van der Waals surface area (Å²) in [6.07, 6.45) is 36.0. The minimum absolute atomic E-state index is 0. The second-order valence-electron chi connectivity index (χ2n) is 6.35. The van der Waals surface area contributed by atoms with Crippen molar-refractivity contribution in [1.29, 1.82) is 0 Å². The molecule has 0 spiro atoms. The number of benzene rings is 1. The minimum atomic E-state index is 0. The Morgan fingerprint density at radius 2 is 0.562 bits per heavy atom. The van der Waals surface area contributed by atoms with Gasteiger partial charge in [0.15, 0.2) is 0 Å². The van der Waals surface area contributed by atoms with E-state index < -0.39 is 0 Å². The summed E-state index contributed by atoms with van der Waals surface area (Å²) in [4.78, 5) is 0. The van der Waals surface area contributed by atoms with Crippen LogP contribution in [0.3, 0.4) is 0 Å². The molecular weight excluding hydrogens is 472 g/mol. The average molecular weight is 494 g/mol. The summed E-state index contributed by atoms with van der Waals surface area (Å²) in [5, 5.41) is 0. The van der Waals surface area contributed by atoms with Crippen LogP contribution in [0.5, 0.6) is 0 Å². The first-order valence-electron chi connectivity index (χ1n) is 9.81. The Labute approximate surface area is 219 Å². The van der Waals surface area contributed by atoms with Gasteiger partial charge in [-0.15, -0.1) is 0 Å². The largest absolute Gasteiger partial charge is 2.00 e. The van der Waals surface area contributed by atoms with E-state index in [-0.39, 0.29) is 34.1 Å². The van der Waals surface area contributed by atoms with Crippen molar-refractivity contribution in [3.05, 3.63) is 163 Å². The second kappa shape index (κ2) is 18.8. The van der Waals surface area contributed by atoms with Gasteiger partial charge in [0, 0.05) is 11.1 Å². The van der Waals surface area contributed by atoms with Gasteiger partial charge in [-0.3, -0.25) is 0 Å². The first-order chi connectivity index (χ1) is 14.9. The standard InChI is InChI=1S/C20H12.2C5H5.2Fe/c1-2-6-17(5-1)9-11-19-13-15-20(16-14-19)12-10-18-7-3-4-8-18;2*1-2-4-5-3-1;;/h1-8,13-16H;2*1-5H;;/q;;;2*+2. The van der Waals surface area contributed by atoms with Crippen molar-refractivity contribution in [2.45, 2.75) is 0 Å². The fourth-order valence-corrected chi connectivity index (χ4v) is 2.48. The summed E-state index contributed by atoms with van der Waals surface area (Å²) < 4.78 is 0. The molecule has 32 heavy (non-hydrogen) atoms. The normalized spacial score (nSPS) is 19.5. The Kier molecular flexibility index (Phi) is 17.2. The SMILES string of the molecule is C(#Cc1ccc(C#C[C]2[CH][CH][CH][CH]2)cc1)[C]1[CH][CH][CH][CH]1.[CH]1[CH][CH][CH][CH]1.[CH]1[CH][CH][CH][CH]1.[Fe+2].[Fe+2]. The van der Waals surface area contributed by atoms with E-state index in [0.717, 1.165) is 23.0 Å². The molecule has 0 aromatic heterocycles. The van der Waals surface area contributed by atoms with Crippen LogP contribution in [0.25, 0.3) is 0 Å². The third-order valence-electron chi connectivity index (χ3n) is 4.02. The van der Waals surface area contributed by atoms with E-state index >= 15 is 0 Å². The van der Waals surface area contributed by atoms with Crippen LogP contribution < -0.4 is 0 Å². The Bertz CT molecular complexity index is 615. The molecule has 4 aliphatic rings. The molecule has 1 aromatic carbocycles. The van der Waals surface area contributed by atoms with E-state index in [0.29, 0.717) is 0 Å². The van der Waals surface area contributed by atoms with Crippen LogP contribution in [-0.4, -0.2) is 0 Å². The van der Waals surface area contributed by atoms with Crippen molar-refractivity contribution in [3.8, 4) is 23.7 Å². The van der Waals surface area contributed by atoms with Crippen molar-refractivity contribution in [2.24, 2.45) is 0 Å². The van der Waals surface area contributed by atoms with E-state index in [9.17, 15) is 0 Å². The van der Waals surface area contributed by atoms with Crippen LogP contribution in [0.15, 0.2) is 24.3 Å². The van der Waals surface area contributed by atoms with Crippen LogP contribution in [0.2, 0.25) is 0 Å². The Morgan fingerprint density at radius 3 is 0.812 bits per heavy atom. The topological polar surface area (TPSA) is 0 Å². The molecule has 20 radical (unpaired) electrons. The van der Waals surface area contributed by atoms with E-state index in [2.05, 4.69) is 23.7 Å². The molecule has 154 valence electrons. The zero-order valence-electron chi connectivity index (χ0n) is 17.4. The molecule has 0 bridgehead atoms. The number of rotatable bonds is 0. The summed E-state index contributed by atoms with van der Waals surface area (Å²) in [6, 6.07) is 8.02. The van der Waals surface area contributed by atoms with Crippen molar-refractivity contribution >= 4 is 0 Å². The molecule has 4 fully saturated rings. The van der Waals surface area contributed by atoms with Gasteiger partial charge in [-0.1, -0.05) is 23.7 Å². The summed E-state index contributed by atoms with van der Waals surface area (Å²) in [5.41, 5.74) is 2.01. The average Bonchev–Trinajstić information content (AvgIpc) is 3.63. The zero-order valence-corrected chi connectivity index (χ0v) is 19.6. The van der Waals surface area contributed by atoms with Crippen molar-refractivity contribution in [2.75, 3.05) is 0 Å². The number of hydrogen-bond acceptors (Lipinski definition) is 0. The van der Waals surface area contributed by atoms with Crippen LogP contribution >= 0.6 is 0 Å². The van der Waals surface area contributed by atoms with Gasteiger partial charge in [0.05, 0.1) is 11.8 Å². The molecule has 0 saturated heterocycles. The third-order valence-corrected chi connectivity index (χ3v) is 4.02. The summed E-state index contributed by atoms with van der Waals surface area (Å²) in [7, 11) is 0. The first-order valence-corrected chi connectivity index (χ1v) is 9.81. The molecular formula is C30H22Fe2+4. The van der Waals surface area contributed by atoms with Crippen LogP contribution in [-0.2, 0) is 34.1 Å². The smallest absolute Gasteiger partial charge is 0.0888 e. The maximum absolute atomic E-state index is 3.15. The second-order valence-corrected chi connectivity index (χ2v) is 6.35. The van der Waals surface area contributed by atoms with Gasteiger partial charge in [0.2, 0.25) is 0 Å². The molecule has 0 amide bonds. The minimum Gasteiger partial charge on any atom is -0.0888 e. The van der Waals surface area contributed by atoms with Crippen molar-refractivity contribution < 1.29 is 34.1 Å².